The fourth-order valence-corrected chi connectivity index (χ4v) is 2.67. The maximum Gasteiger partial charge on any atom is 0.320 e. The van der Waals surface area contributed by atoms with Crippen molar-refractivity contribution in [2.45, 2.75) is 12.5 Å². The van der Waals surface area contributed by atoms with Crippen molar-refractivity contribution in [3.63, 3.8) is 0 Å². The first-order valence-corrected chi connectivity index (χ1v) is 8.34. The molecule has 0 spiro atoms. The topological polar surface area (TPSA) is 105 Å². The molecule has 0 amide bonds. The molecule has 3 N–H and O–H groups in total. The van der Waals surface area contributed by atoms with Gasteiger partial charge in [0.1, 0.15) is 0 Å². The van der Waals surface area contributed by atoms with E-state index in [9.17, 15) is 0 Å². The van der Waals surface area contributed by atoms with Gasteiger partial charge in [-0.1, -0.05) is 35.4 Å². The van der Waals surface area contributed by atoms with Gasteiger partial charge in [-0.3, -0.25) is 0 Å². The van der Waals surface area contributed by atoms with Gasteiger partial charge in [-0.2, -0.15) is 0 Å². The number of hydrogen-bond acceptors (Lipinski definition) is 8. The standard InChI is InChI=1S/C19H22N4O4/c1-24-15-10-13(11-16(25-2)17(15)26-3)21-19-23-22-18(27-19)14(20)9-12-7-5-4-6-8-12/h4-8,10-11,14H,9,20H2,1-3H3,(H,21,23)/t14-/m0/s1. The molecule has 3 rings (SSSR count). The number of anilines is 2. The van der Waals surface area contributed by atoms with E-state index in [-0.39, 0.29) is 6.01 Å². The Morgan fingerprint density at radius 1 is 1.00 bits per heavy atom. The van der Waals surface area contributed by atoms with Crippen LogP contribution in [0.1, 0.15) is 17.5 Å². The molecule has 0 saturated heterocycles. The third-order valence-electron chi connectivity index (χ3n) is 3.97. The number of methoxy groups -OCH3 is 3. The lowest BCUT2D eigenvalue weighted by Gasteiger charge is -2.14. The number of nitrogens with two attached hydrogens (primary N) is 1. The van der Waals surface area contributed by atoms with Crippen LogP contribution in [0.2, 0.25) is 0 Å². The number of benzene rings is 2. The average Bonchev–Trinajstić information content (AvgIpc) is 3.16. The molecule has 0 aliphatic carbocycles. The number of nitrogens with zero attached hydrogens (tertiary/aromatic N) is 2. The van der Waals surface area contributed by atoms with Crippen LogP contribution in [0.4, 0.5) is 11.7 Å². The van der Waals surface area contributed by atoms with Crippen LogP contribution in [-0.4, -0.2) is 31.5 Å². The Balaban J connectivity index is 1.75. The van der Waals surface area contributed by atoms with E-state index in [1.54, 1.807) is 33.5 Å². The third-order valence-corrected chi connectivity index (χ3v) is 3.97. The highest BCUT2D eigenvalue weighted by molar-refractivity contribution is 5.65. The average molecular weight is 370 g/mol. The molecular weight excluding hydrogens is 348 g/mol. The molecule has 2 aromatic carbocycles. The second-order valence-corrected chi connectivity index (χ2v) is 5.78. The van der Waals surface area contributed by atoms with Crippen molar-refractivity contribution in [2.75, 3.05) is 26.6 Å². The minimum absolute atomic E-state index is 0.225. The highest BCUT2D eigenvalue weighted by Gasteiger charge is 2.17. The first kappa shape index (κ1) is 18.5. The zero-order valence-corrected chi connectivity index (χ0v) is 15.4. The number of hydrogen-bond donors (Lipinski definition) is 2. The molecule has 1 heterocycles. The quantitative estimate of drug-likeness (QED) is 0.623. The van der Waals surface area contributed by atoms with Crippen molar-refractivity contribution >= 4 is 11.7 Å². The lowest BCUT2D eigenvalue weighted by molar-refractivity contribution is 0.324. The van der Waals surface area contributed by atoms with Crippen LogP contribution in [0.3, 0.4) is 0 Å². The highest BCUT2D eigenvalue weighted by Crippen LogP contribution is 2.40. The summed E-state index contributed by atoms with van der Waals surface area (Å²) in [5, 5.41) is 11.1. The van der Waals surface area contributed by atoms with Crippen LogP contribution in [0, 0.1) is 0 Å². The molecule has 0 aliphatic heterocycles. The van der Waals surface area contributed by atoms with Crippen molar-refractivity contribution in [1.82, 2.24) is 10.2 Å². The van der Waals surface area contributed by atoms with E-state index >= 15 is 0 Å². The van der Waals surface area contributed by atoms with Crippen LogP contribution in [0.5, 0.6) is 17.2 Å². The normalized spacial score (nSPS) is 11.7. The Kier molecular flexibility index (Phi) is 5.77. The van der Waals surface area contributed by atoms with Gasteiger partial charge < -0.3 is 29.7 Å². The lowest BCUT2D eigenvalue weighted by Crippen LogP contribution is -2.13. The molecule has 8 nitrogen and oxygen atoms in total. The summed E-state index contributed by atoms with van der Waals surface area (Å²) < 4.78 is 21.6. The Morgan fingerprint density at radius 2 is 1.67 bits per heavy atom. The van der Waals surface area contributed by atoms with Crippen molar-refractivity contribution in [3.8, 4) is 17.2 Å². The van der Waals surface area contributed by atoms with Gasteiger partial charge in [0.05, 0.1) is 33.1 Å². The minimum atomic E-state index is -0.393. The van der Waals surface area contributed by atoms with Gasteiger partial charge in [0, 0.05) is 12.1 Å². The van der Waals surface area contributed by atoms with E-state index in [0.717, 1.165) is 5.56 Å². The molecule has 0 aliphatic rings. The Labute approximate surface area is 157 Å². The first-order valence-electron chi connectivity index (χ1n) is 8.34. The second kappa shape index (κ2) is 8.41. The molecule has 8 heteroatoms. The molecule has 0 unspecified atom stereocenters. The van der Waals surface area contributed by atoms with Crippen LogP contribution < -0.4 is 25.3 Å². The summed E-state index contributed by atoms with van der Waals surface area (Å²) in [7, 11) is 4.65. The summed E-state index contributed by atoms with van der Waals surface area (Å²) in [4.78, 5) is 0. The minimum Gasteiger partial charge on any atom is -0.493 e. The number of nitrogens with one attached hydrogen (secondary N) is 1. The summed E-state index contributed by atoms with van der Waals surface area (Å²) in [6.07, 6.45) is 0.604. The maximum atomic E-state index is 6.18. The molecule has 27 heavy (non-hydrogen) atoms. The molecule has 0 fully saturated rings. The van der Waals surface area contributed by atoms with Crippen molar-refractivity contribution in [2.24, 2.45) is 5.73 Å². The number of aromatic nitrogens is 2. The predicted molar refractivity (Wildman–Crippen MR) is 101 cm³/mol. The molecule has 0 radical (unpaired) electrons. The molecule has 1 aromatic heterocycles. The zero-order chi connectivity index (χ0) is 19.2. The van der Waals surface area contributed by atoms with E-state index in [4.69, 9.17) is 24.4 Å². The monoisotopic (exact) mass is 370 g/mol. The Bertz CT molecular complexity index is 857. The molecule has 0 saturated carbocycles. The van der Waals surface area contributed by atoms with Crippen molar-refractivity contribution in [1.29, 1.82) is 0 Å². The highest BCUT2D eigenvalue weighted by atomic mass is 16.5. The maximum absolute atomic E-state index is 6.18. The summed E-state index contributed by atoms with van der Waals surface area (Å²) in [5.74, 6) is 1.88. The van der Waals surface area contributed by atoms with E-state index in [2.05, 4.69) is 15.5 Å². The van der Waals surface area contributed by atoms with Gasteiger partial charge in [0.15, 0.2) is 11.5 Å². The molecular formula is C19H22N4O4. The van der Waals surface area contributed by atoms with E-state index in [1.165, 1.54) is 0 Å². The molecule has 0 bridgehead atoms. The number of ether oxygens (including phenoxy) is 3. The lowest BCUT2D eigenvalue weighted by atomic mass is 10.1. The van der Waals surface area contributed by atoms with Gasteiger partial charge in [0.2, 0.25) is 11.6 Å². The van der Waals surface area contributed by atoms with Gasteiger partial charge >= 0.3 is 6.01 Å². The Morgan fingerprint density at radius 3 is 2.26 bits per heavy atom. The summed E-state index contributed by atoms with van der Waals surface area (Å²) in [6.45, 7) is 0. The van der Waals surface area contributed by atoms with Gasteiger partial charge in [0.25, 0.3) is 0 Å². The second-order valence-electron chi connectivity index (χ2n) is 5.78. The summed E-state index contributed by atoms with van der Waals surface area (Å²) in [6, 6.07) is 13.2. The zero-order valence-electron chi connectivity index (χ0n) is 15.4. The fourth-order valence-electron chi connectivity index (χ4n) is 2.67. The van der Waals surface area contributed by atoms with E-state index < -0.39 is 6.04 Å². The van der Waals surface area contributed by atoms with Crippen molar-refractivity contribution < 1.29 is 18.6 Å². The van der Waals surface area contributed by atoms with Gasteiger partial charge in [-0.05, 0) is 12.0 Å². The fraction of sp³-hybridized carbons (Fsp3) is 0.263. The van der Waals surface area contributed by atoms with E-state index in [1.807, 2.05) is 30.3 Å². The molecule has 142 valence electrons. The largest absolute Gasteiger partial charge is 0.493 e. The van der Waals surface area contributed by atoms with Crippen LogP contribution in [-0.2, 0) is 6.42 Å². The van der Waals surface area contributed by atoms with Gasteiger partial charge in [-0.15, -0.1) is 5.10 Å². The first-order chi connectivity index (χ1) is 13.1. The van der Waals surface area contributed by atoms with Crippen LogP contribution >= 0.6 is 0 Å². The third kappa shape index (κ3) is 4.29. The number of rotatable bonds is 8. The molecule has 1 atom stereocenters. The molecule has 3 aromatic rings. The smallest absolute Gasteiger partial charge is 0.320 e. The van der Waals surface area contributed by atoms with Crippen molar-refractivity contribution in [3.05, 3.63) is 53.9 Å². The Hall–Kier alpha value is -3.26. The van der Waals surface area contributed by atoms with Gasteiger partial charge in [-0.25, -0.2) is 0 Å². The summed E-state index contributed by atoms with van der Waals surface area (Å²) >= 11 is 0. The van der Waals surface area contributed by atoms with E-state index in [0.29, 0.717) is 35.2 Å². The predicted octanol–water partition coefficient (Wildman–Crippen LogP) is 3.08. The SMILES string of the molecule is COc1cc(Nc2nnc([C@@H](N)Cc3ccccc3)o2)cc(OC)c1OC. The summed E-state index contributed by atoms with van der Waals surface area (Å²) in [5.41, 5.74) is 7.93. The van der Waals surface area contributed by atoms with Crippen LogP contribution in [0.25, 0.3) is 0 Å². The van der Waals surface area contributed by atoms with Crippen LogP contribution in [0.15, 0.2) is 46.9 Å².